The van der Waals surface area contributed by atoms with Gasteiger partial charge in [-0.2, -0.15) is 9.61 Å². The molecule has 168 valence electrons. The Balaban J connectivity index is 1.61. The first-order chi connectivity index (χ1) is 16.1. The van der Waals surface area contributed by atoms with Gasteiger partial charge in [0.15, 0.2) is 10.9 Å². The molecule has 0 aliphatic carbocycles. The van der Waals surface area contributed by atoms with Gasteiger partial charge in [0.25, 0.3) is 5.56 Å². The van der Waals surface area contributed by atoms with Crippen LogP contribution in [0.4, 0.5) is 0 Å². The quantitative estimate of drug-likeness (QED) is 0.364. The molecule has 0 aliphatic heterocycles. The highest BCUT2D eigenvalue weighted by molar-refractivity contribution is 7.98. The van der Waals surface area contributed by atoms with Gasteiger partial charge in [-0.25, -0.2) is 0 Å². The van der Waals surface area contributed by atoms with Gasteiger partial charge in [-0.1, -0.05) is 17.8 Å². The van der Waals surface area contributed by atoms with Crippen LogP contribution >= 0.6 is 11.8 Å². The van der Waals surface area contributed by atoms with E-state index < -0.39 is 0 Å². The number of hydrogen-bond acceptors (Lipinski definition) is 8. The number of aromatic nitrogens is 6. The van der Waals surface area contributed by atoms with Crippen molar-refractivity contribution in [3.05, 3.63) is 70.5 Å². The summed E-state index contributed by atoms with van der Waals surface area (Å²) < 4.78 is 20.2. The van der Waals surface area contributed by atoms with Crippen molar-refractivity contribution in [1.82, 2.24) is 29.4 Å². The second-order valence-corrected chi connectivity index (χ2v) is 8.06. The van der Waals surface area contributed by atoms with Crippen molar-refractivity contribution in [3.63, 3.8) is 0 Å². The van der Waals surface area contributed by atoms with Crippen LogP contribution in [0.1, 0.15) is 11.5 Å². The number of furan rings is 1. The van der Waals surface area contributed by atoms with Crippen molar-refractivity contribution in [3.8, 4) is 28.8 Å². The molecule has 10 nitrogen and oxygen atoms in total. The minimum atomic E-state index is -0.205. The Hall–Kier alpha value is -3.99. The first-order valence-electron chi connectivity index (χ1n) is 10.0. The van der Waals surface area contributed by atoms with E-state index in [1.165, 1.54) is 22.3 Å². The molecule has 5 aromatic rings. The highest BCUT2D eigenvalue weighted by Crippen LogP contribution is 2.39. The van der Waals surface area contributed by atoms with E-state index in [2.05, 4.69) is 20.3 Å². The van der Waals surface area contributed by atoms with Gasteiger partial charge in [0.2, 0.25) is 5.82 Å². The summed E-state index contributed by atoms with van der Waals surface area (Å²) in [7, 11) is 3.19. The van der Waals surface area contributed by atoms with Gasteiger partial charge >= 0.3 is 0 Å². The summed E-state index contributed by atoms with van der Waals surface area (Å²) in [6.45, 7) is 1.87. The van der Waals surface area contributed by atoms with Gasteiger partial charge in [-0.3, -0.25) is 9.36 Å². The molecular weight excluding hydrogens is 444 g/mol. The number of nitrogens with one attached hydrogen (secondary N) is 1. The second-order valence-electron chi connectivity index (χ2n) is 7.11. The molecule has 5 rings (SSSR count). The van der Waals surface area contributed by atoms with E-state index in [9.17, 15) is 4.79 Å². The van der Waals surface area contributed by atoms with E-state index in [0.29, 0.717) is 45.3 Å². The lowest BCUT2D eigenvalue weighted by Gasteiger charge is -2.16. The molecular formula is C22H20N6O4S. The summed E-state index contributed by atoms with van der Waals surface area (Å²) in [5.41, 5.74) is 1.80. The van der Waals surface area contributed by atoms with E-state index in [1.54, 1.807) is 26.5 Å². The molecule has 0 radical (unpaired) electrons. The van der Waals surface area contributed by atoms with Crippen LogP contribution in [0.5, 0.6) is 11.5 Å². The van der Waals surface area contributed by atoms with Gasteiger partial charge in [0.1, 0.15) is 28.6 Å². The van der Waals surface area contributed by atoms with Crippen molar-refractivity contribution in [2.24, 2.45) is 0 Å². The summed E-state index contributed by atoms with van der Waals surface area (Å²) in [6, 6.07) is 12.5. The van der Waals surface area contributed by atoms with Crippen molar-refractivity contribution < 1.29 is 13.9 Å². The second kappa shape index (κ2) is 8.51. The molecule has 4 aromatic heterocycles. The fraction of sp³-hybridized carbons (Fsp3) is 0.182. The molecule has 0 amide bonds. The number of aromatic amines is 1. The number of fused-ring (bicyclic) bond motifs is 1. The lowest BCUT2D eigenvalue weighted by Crippen LogP contribution is -2.15. The number of ether oxygens (including phenoxy) is 2. The lowest BCUT2D eigenvalue weighted by molar-refractivity contribution is 0.390. The maximum Gasteiger partial charge on any atom is 0.274 e. The molecule has 1 aromatic carbocycles. The van der Waals surface area contributed by atoms with Crippen LogP contribution in [0, 0.1) is 6.92 Å². The van der Waals surface area contributed by atoms with E-state index in [1.807, 2.05) is 41.8 Å². The van der Waals surface area contributed by atoms with Gasteiger partial charge in [0, 0.05) is 23.6 Å². The van der Waals surface area contributed by atoms with E-state index in [0.717, 1.165) is 11.5 Å². The Kier molecular flexibility index (Phi) is 5.38. The first-order valence-corrected chi connectivity index (χ1v) is 11.0. The standard InChI is InChI=1S/C22H20N6O4S/c1-13-7-8-17(32-13)21-25-26-22(27(21)20-15(30-2)5-4-6-16(20)31-3)33-12-14-11-19(29)28-18(24-14)9-10-23-28/h4-11,24H,12H2,1-3H3. The van der Waals surface area contributed by atoms with Crippen LogP contribution < -0.4 is 15.0 Å². The maximum atomic E-state index is 12.3. The molecule has 4 heterocycles. The Labute approximate surface area is 192 Å². The zero-order chi connectivity index (χ0) is 22.9. The molecule has 33 heavy (non-hydrogen) atoms. The molecule has 0 aliphatic rings. The summed E-state index contributed by atoms with van der Waals surface area (Å²) in [6.07, 6.45) is 1.58. The Morgan fingerprint density at radius 1 is 1.09 bits per heavy atom. The highest BCUT2D eigenvalue weighted by atomic mass is 32.2. The van der Waals surface area contributed by atoms with Gasteiger partial charge < -0.3 is 18.9 Å². The normalized spacial score (nSPS) is 11.2. The third kappa shape index (κ3) is 3.76. The minimum Gasteiger partial charge on any atom is -0.494 e. The van der Waals surface area contributed by atoms with Crippen molar-refractivity contribution in [1.29, 1.82) is 0 Å². The molecule has 0 saturated heterocycles. The minimum absolute atomic E-state index is 0.205. The van der Waals surface area contributed by atoms with Gasteiger partial charge in [-0.15, -0.1) is 10.2 Å². The third-order valence-corrected chi connectivity index (χ3v) is 5.99. The number of hydrogen-bond donors (Lipinski definition) is 1. The number of rotatable bonds is 7. The summed E-state index contributed by atoms with van der Waals surface area (Å²) in [5, 5.41) is 13.4. The van der Waals surface area contributed by atoms with Crippen molar-refractivity contribution in [2.75, 3.05) is 14.2 Å². The van der Waals surface area contributed by atoms with Crippen LogP contribution in [-0.4, -0.2) is 43.6 Å². The molecule has 1 N–H and O–H groups in total. The summed E-state index contributed by atoms with van der Waals surface area (Å²) >= 11 is 1.41. The number of benzene rings is 1. The number of aryl methyl sites for hydroxylation is 1. The number of methoxy groups -OCH3 is 2. The smallest absolute Gasteiger partial charge is 0.274 e. The molecule has 0 fully saturated rings. The number of nitrogens with zero attached hydrogens (tertiary/aromatic N) is 5. The van der Waals surface area contributed by atoms with Crippen molar-refractivity contribution >= 4 is 17.4 Å². The number of H-pyrrole nitrogens is 1. The zero-order valence-corrected chi connectivity index (χ0v) is 18.9. The monoisotopic (exact) mass is 464 g/mol. The predicted molar refractivity (Wildman–Crippen MR) is 122 cm³/mol. The fourth-order valence-corrected chi connectivity index (χ4v) is 4.38. The summed E-state index contributed by atoms with van der Waals surface area (Å²) in [5.74, 6) is 3.46. The zero-order valence-electron chi connectivity index (χ0n) is 18.1. The van der Waals surface area contributed by atoms with Crippen LogP contribution in [0.3, 0.4) is 0 Å². The van der Waals surface area contributed by atoms with Crippen LogP contribution in [0.25, 0.3) is 22.9 Å². The Morgan fingerprint density at radius 3 is 2.58 bits per heavy atom. The largest absolute Gasteiger partial charge is 0.494 e. The molecule has 0 spiro atoms. The first kappa shape index (κ1) is 20.9. The van der Waals surface area contributed by atoms with Crippen LogP contribution in [0.2, 0.25) is 0 Å². The topological polar surface area (TPSA) is 112 Å². The SMILES string of the molecule is COc1cccc(OC)c1-n1c(SCc2cc(=O)n3nccc3[nH]2)nnc1-c1ccc(C)o1. The van der Waals surface area contributed by atoms with Crippen molar-refractivity contribution in [2.45, 2.75) is 17.8 Å². The predicted octanol–water partition coefficient (Wildman–Crippen LogP) is 3.48. The number of para-hydroxylation sites is 1. The maximum absolute atomic E-state index is 12.3. The number of thioether (sulfide) groups is 1. The Bertz CT molecular complexity index is 1480. The molecule has 0 saturated carbocycles. The highest BCUT2D eigenvalue weighted by Gasteiger charge is 2.24. The molecule has 0 unspecified atom stereocenters. The average Bonchev–Trinajstić information content (AvgIpc) is 3.56. The van der Waals surface area contributed by atoms with E-state index >= 15 is 0 Å². The van der Waals surface area contributed by atoms with Gasteiger partial charge in [0.05, 0.1) is 20.4 Å². The molecule has 0 atom stereocenters. The lowest BCUT2D eigenvalue weighted by atomic mass is 10.2. The molecule has 0 bridgehead atoms. The van der Waals surface area contributed by atoms with Crippen LogP contribution in [-0.2, 0) is 5.75 Å². The van der Waals surface area contributed by atoms with E-state index in [-0.39, 0.29) is 5.56 Å². The Morgan fingerprint density at radius 2 is 1.88 bits per heavy atom. The van der Waals surface area contributed by atoms with E-state index in [4.69, 9.17) is 13.9 Å². The average molecular weight is 465 g/mol. The fourth-order valence-electron chi connectivity index (χ4n) is 3.54. The third-order valence-electron chi connectivity index (χ3n) is 5.01. The van der Waals surface area contributed by atoms with Gasteiger partial charge in [-0.05, 0) is 31.2 Å². The summed E-state index contributed by atoms with van der Waals surface area (Å²) in [4.78, 5) is 15.5. The van der Waals surface area contributed by atoms with Crippen LogP contribution in [0.15, 0.2) is 63.0 Å². The molecule has 11 heteroatoms.